The summed E-state index contributed by atoms with van der Waals surface area (Å²) in [7, 11) is 0. The Morgan fingerprint density at radius 3 is 1.86 bits per heavy atom. The number of amides is 2. The molecule has 0 saturated heterocycles. The van der Waals surface area contributed by atoms with Crippen LogP contribution in [0.5, 0.6) is 0 Å². The van der Waals surface area contributed by atoms with Gasteiger partial charge >= 0.3 is 0 Å². The Morgan fingerprint density at radius 1 is 0.929 bits per heavy atom. The summed E-state index contributed by atoms with van der Waals surface area (Å²) in [6, 6.07) is 10.8. The number of carbonyl (C=O) groups excluding carboxylic acids is 2. The van der Waals surface area contributed by atoms with Crippen molar-refractivity contribution in [3.05, 3.63) is 71.3 Å². The van der Waals surface area contributed by atoms with E-state index in [9.17, 15) is 18.4 Å². The van der Waals surface area contributed by atoms with Gasteiger partial charge in [-0.15, -0.1) is 0 Å². The molecule has 150 valence electrons. The van der Waals surface area contributed by atoms with Gasteiger partial charge in [-0.3, -0.25) is 9.59 Å². The fourth-order valence-electron chi connectivity index (χ4n) is 2.72. The monoisotopic (exact) mass is 388 g/mol. The third-order valence-corrected chi connectivity index (χ3v) is 4.20. The van der Waals surface area contributed by atoms with Crippen LogP contribution in [0.2, 0.25) is 0 Å². The zero-order chi connectivity index (χ0) is 20.9. The van der Waals surface area contributed by atoms with Crippen LogP contribution in [0.1, 0.15) is 38.8 Å². The van der Waals surface area contributed by atoms with Crippen molar-refractivity contribution < 1.29 is 18.4 Å². The van der Waals surface area contributed by atoms with Gasteiger partial charge in [0.25, 0.3) is 0 Å². The van der Waals surface area contributed by atoms with Crippen molar-refractivity contribution in [2.75, 3.05) is 0 Å². The van der Waals surface area contributed by atoms with Crippen LogP contribution < -0.4 is 5.32 Å². The lowest BCUT2D eigenvalue weighted by atomic mass is 10.1. The average Bonchev–Trinajstić information content (AvgIpc) is 2.61. The van der Waals surface area contributed by atoms with Crippen LogP contribution in [-0.2, 0) is 22.6 Å². The minimum absolute atomic E-state index is 0.0363. The molecule has 0 fully saturated rings. The second-order valence-corrected chi connectivity index (χ2v) is 7.87. The summed E-state index contributed by atoms with van der Waals surface area (Å²) in [5.41, 5.74) is 0.926. The van der Waals surface area contributed by atoms with Gasteiger partial charge in [0.1, 0.15) is 17.7 Å². The van der Waals surface area contributed by atoms with E-state index in [0.717, 1.165) is 0 Å². The van der Waals surface area contributed by atoms with Gasteiger partial charge in [-0.1, -0.05) is 24.3 Å². The fraction of sp³-hybridized carbons (Fsp3) is 0.364. The Labute approximate surface area is 164 Å². The Bertz CT molecular complexity index is 812. The number of rotatable bonds is 6. The first-order valence-corrected chi connectivity index (χ1v) is 9.15. The molecule has 0 radical (unpaired) electrons. The highest BCUT2D eigenvalue weighted by atomic mass is 19.1. The molecule has 0 aliphatic rings. The Kier molecular flexibility index (Phi) is 6.89. The lowest BCUT2D eigenvalue weighted by molar-refractivity contribution is -0.140. The van der Waals surface area contributed by atoms with E-state index in [0.29, 0.717) is 11.1 Å². The topological polar surface area (TPSA) is 49.4 Å². The second-order valence-electron chi connectivity index (χ2n) is 7.87. The summed E-state index contributed by atoms with van der Waals surface area (Å²) in [6.45, 7) is 7.42. The number of hydrogen-bond acceptors (Lipinski definition) is 2. The summed E-state index contributed by atoms with van der Waals surface area (Å²) in [5, 5.41) is 2.88. The molecule has 0 aliphatic carbocycles. The van der Waals surface area contributed by atoms with E-state index in [1.165, 1.54) is 29.2 Å². The highest BCUT2D eigenvalue weighted by molar-refractivity contribution is 5.88. The largest absolute Gasteiger partial charge is 0.350 e. The van der Waals surface area contributed by atoms with Crippen molar-refractivity contribution in [1.29, 1.82) is 0 Å². The van der Waals surface area contributed by atoms with E-state index in [-0.39, 0.29) is 36.4 Å². The highest BCUT2D eigenvalue weighted by Gasteiger charge is 2.28. The van der Waals surface area contributed by atoms with E-state index in [4.69, 9.17) is 0 Å². The minimum Gasteiger partial charge on any atom is -0.350 e. The van der Waals surface area contributed by atoms with Crippen molar-refractivity contribution >= 4 is 11.8 Å². The first-order valence-electron chi connectivity index (χ1n) is 9.15. The van der Waals surface area contributed by atoms with Gasteiger partial charge in [-0.2, -0.15) is 0 Å². The number of halogens is 2. The summed E-state index contributed by atoms with van der Waals surface area (Å²) in [4.78, 5) is 27.0. The zero-order valence-electron chi connectivity index (χ0n) is 16.6. The lowest BCUT2D eigenvalue weighted by Crippen LogP contribution is -2.52. The normalized spacial score (nSPS) is 12.4. The molecule has 0 bridgehead atoms. The molecular formula is C22H26F2N2O2. The Hall–Kier alpha value is -2.76. The molecule has 1 atom stereocenters. The highest BCUT2D eigenvalue weighted by Crippen LogP contribution is 2.14. The molecule has 0 saturated carbocycles. The van der Waals surface area contributed by atoms with E-state index < -0.39 is 11.6 Å². The first-order chi connectivity index (χ1) is 13.0. The molecule has 2 aromatic rings. The zero-order valence-corrected chi connectivity index (χ0v) is 16.6. The van der Waals surface area contributed by atoms with Gasteiger partial charge in [0.2, 0.25) is 11.8 Å². The van der Waals surface area contributed by atoms with Crippen LogP contribution in [0.3, 0.4) is 0 Å². The van der Waals surface area contributed by atoms with Crippen LogP contribution in [0.4, 0.5) is 8.78 Å². The molecule has 4 nitrogen and oxygen atoms in total. The summed E-state index contributed by atoms with van der Waals surface area (Å²) in [5.74, 6) is -1.29. The SMILES string of the molecule is C[C@@H](C(=O)NC(C)(C)C)N(Cc1ccc(F)cc1)C(=O)Cc1ccc(F)cc1. The predicted molar refractivity (Wildman–Crippen MR) is 104 cm³/mol. The van der Waals surface area contributed by atoms with Crippen LogP contribution in [0.15, 0.2) is 48.5 Å². The van der Waals surface area contributed by atoms with Crippen LogP contribution >= 0.6 is 0 Å². The number of hydrogen-bond donors (Lipinski definition) is 1. The maximum absolute atomic E-state index is 13.2. The Balaban J connectivity index is 2.23. The fourth-order valence-corrected chi connectivity index (χ4v) is 2.72. The molecule has 28 heavy (non-hydrogen) atoms. The molecule has 6 heteroatoms. The lowest BCUT2D eigenvalue weighted by Gasteiger charge is -2.31. The molecule has 0 aliphatic heterocycles. The van der Waals surface area contributed by atoms with Gasteiger partial charge in [0, 0.05) is 12.1 Å². The molecule has 0 heterocycles. The number of benzene rings is 2. The van der Waals surface area contributed by atoms with Crippen molar-refractivity contribution in [1.82, 2.24) is 10.2 Å². The van der Waals surface area contributed by atoms with Gasteiger partial charge in [0.05, 0.1) is 6.42 Å². The standard InChI is InChI=1S/C22H26F2N2O2/c1-15(21(28)25-22(2,3)4)26(14-17-7-11-19(24)12-8-17)20(27)13-16-5-9-18(23)10-6-16/h5-12,15H,13-14H2,1-4H3,(H,25,28)/t15-/m0/s1. The van der Waals surface area contributed by atoms with Gasteiger partial charge in [-0.25, -0.2) is 8.78 Å². The molecule has 1 N–H and O–H groups in total. The van der Waals surface area contributed by atoms with E-state index in [1.54, 1.807) is 31.2 Å². The number of nitrogens with zero attached hydrogens (tertiary/aromatic N) is 1. The van der Waals surface area contributed by atoms with Crippen molar-refractivity contribution in [2.45, 2.75) is 52.2 Å². The van der Waals surface area contributed by atoms with Crippen molar-refractivity contribution in [2.24, 2.45) is 0 Å². The van der Waals surface area contributed by atoms with E-state index in [2.05, 4.69) is 5.32 Å². The van der Waals surface area contributed by atoms with Gasteiger partial charge in [0.15, 0.2) is 0 Å². The summed E-state index contributed by atoms with van der Waals surface area (Å²) >= 11 is 0. The Morgan fingerprint density at radius 2 is 1.39 bits per heavy atom. The molecule has 0 spiro atoms. The first kappa shape index (κ1) is 21.5. The molecule has 2 aromatic carbocycles. The minimum atomic E-state index is -0.725. The summed E-state index contributed by atoms with van der Waals surface area (Å²) in [6.07, 6.45) is 0.0363. The smallest absolute Gasteiger partial charge is 0.242 e. The van der Waals surface area contributed by atoms with E-state index >= 15 is 0 Å². The maximum atomic E-state index is 13.2. The molecule has 0 unspecified atom stereocenters. The quantitative estimate of drug-likeness (QED) is 0.817. The maximum Gasteiger partial charge on any atom is 0.242 e. The molecule has 2 rings (SSSR count). The van der Waals surface area contributed by atoms with Crippen LogP contribution in [0.25, 0.3) is 0 Å². The molecule has 2 amide bonds. The van der Waals surface area contributed by atoms with Gasteiger partial charge in [-0.05, 0) is 63.1 Å². The molecular weight excluding hydrogens is 362 g/mol. The molecule has 0 aromatic heterocycles. The van der Waals surface area contributed by atoms with Crippen LogP contribution in [0, 0.1) is 11.6 Å². The summed E-state index contributed by atoms with van der Waals surface area (Å²) < 4.78 is 26.3. The van der Waals surface area contributed by atoms with E-state index in [1.807, 2.05) is 20.8 Å². The predicted octanol–water partition coefficient (Wildman–Crippen LogP) is 3.84. The third kappa shape index (κ3) is 6.44. The number of nitrogens with one attached hydrogen (secondary N) is 1. The van der Waals surface area contributed by atoms with Gasteiger partial charge < -0.3 is 10.2 Å². The van der Waals surface area contributed by atoms with Crippen molar-refractivity contribution in [3.8, 4) is 0 Å². The van der Waals surface area contributed by atoms with Crippen molar-refractivity contribution in [3.63, 3.8) is 0 Å². The third-order valence-electron chi connectivity index (χ3n) is 4.20. The number of carbonyl (C=O) groups is 2. The average molecular weight is 388 g/mol. The second kappa shape index (κ2) is 8.95. The van der Waals surface area contributed by atoms with Crippen LogP contribution in [-0.4, -0.2) is 28.3 Å².